The fourth-order valence-corrected chi connectivity index (χ4v) is 1.25. The quantitative estimate of drug-likeness (QED) is 0.799. The van der Waals surface area contributed by atoms with Crippen molar-refractivity contribution in [1.29, 1.82) is 0 Å². The molecule has 1 aromatic carbocycles. The Balaban J connectivity index is 2.11. The van der Waals surface area contributed by atoms with Crippen molar-refractivity contribution < 1.29 is 14.0 Å². The first-order chi connectivity index (χ1) is 7.79. The van der Waals surface area contributed by atoms with Gasteiger partial charge < -0.3 is 9.73 Å². The van der Waals surface area contributed by atoms with Crippen LogP contribution in [0.1, 0.15) is 21.1 Å². The second-order valence-corrected chi connectivity index (χ2v) is 3.14. The molecule has 0 aliphatic carbocycles. The molecule has 0 saturated carbocycles. The number of nitrogens with one attached hydrogen (secondary N) is 1. The molecule has 0 aliphatic rings. The molecule has 16 heavy (non-hydrogen) atoms. The van der Waals surface area contributed by atoms with Gasteiger partial charge in [-0.2, -0.15) is 0 Å². The lowest BCUT2D eigenvalue weighted by Crippen LogP contribution is -2.10. The molecule has 80 valence electrons. The summed E-state index contributed by atoms with van der Waals surface area (Å²) in [7, 11) is 0. The van der Waals surface area contributed by atoms with Crippen LogP contribution >= 0.6 is 0 Å². The summed E-state index contributed by atoms with van der Waals surface area (Å²) in [5, 5.41) is 2.65. The van der Waals surface area contributed by atoms with Crippen LogP contribution in [-0.4, -0.2) is 12.2 Å². The van der Waals surface area contributed by atoms with Crippen LogP contribution in [0.4, 0.5) is 5.69 Å². The highest BCUT2D eigenvalue weighted by molar-refractivity contribution is 6.02. The zero-order valence-electron chi connectivity index (χ0n) is 8.34. The van der Waals surface area contributed by atoms with Gasteiger partial charge in [0.25, 0.3) is 5.91 Å². The zero-order valence-corrected chi connectivity index (χ0v) is 8.34. The molecule has 1 heterocycles. The summed E-state index contributed by atoms with van der Waals surface area (Å²) < 4.78 is 4.99. The lowest BCUT2D eigenvalue weighted by molar-refractivity contribution is 0.0992. The third-order valence-corrected chi connectivity index (χ3v) is 2.00. The lowest BCUT2D eigenvalue weighted by atomic mass is 10.3. The van der Waals surface area contributed by atoms with Crippen LogP contribution in [0, 0.1) is 0 Å². The number of anilines is 1. The number of benzene rings is 1. The molecule has 1 N–H and O–H groups in total. The SMILES string of the molecule is O=Cc1ccc(C(=O)Nc2ccccc2)o1. The Bertz CT molecular complexity index is 502. The van der Waals surface area contributed by atoms with Gasteiger partial charge in [-0.15, -0.1) is 0 Å². The molecule has 1 amide bonds. The van der Waals surface area contributed by atoms with Crippen molar-refractivity contribution in [2.75, 3.05) is 5.32 Å². The monoisotopic (exact) mass is 215 g/mol. The van der Waals surface area contributed by atoms with Crippen molar-refractivity contribution >= 4 is 17.9 Å². The molecule has 1 aromatic heterocycles. The Morgan fingerprint density at radius 3 is 2.50 bits per heavy atom. The van der Waals surface area contributed by atoms with E-state index in [9.17, 15) is 9.59 Å². The van der Waals surface area contributed by atoms with Crippen molar-refractivity contribution in [2.24, 2.45) is 0 Å². The first-order valence-corrected chi connectivity index (χ1v) is 4.71. The summed E-state index contributed by atoms with van der Waals surface area (Å²) in [4.78, 5) is 22.0. The van der Waals surface area contributed by atoms with Crippen molar-refractivity contribution in [2.45, 2.75) is 0 Å². The van der Waals surface area contributed by atoms with E-state index in [1.54, 1.807) is 12.1 Å². The van der Waals surface area contributed by atoms with E-state index in [2.05, 4.69) is 5.32 Å². The molecule has 2 aromatic rings. The van der Waals surface area contributed by atoms with Gasteiger partial charge in [0.1, 0.15) is 0 Å². The molecule has 0 bridgehead atoms. The zero-order chi connectivity index (χ0) is 11.4. The molecule has 0 unspecified atom stereocenters. The number of aldehydes is 1. The minimum atomic E-state index is -0.376. The second-order valence-electron chi connectivity index (χ2n) is 3.14. The fraction of sp³-hybridized carbons (Fsp3) is 0. The predicted molar refractivity (Wildman–Crippen MR) is 58.5 cm³/mol. The summed E-state index contributed by atoms with van der Waals surface area (Å²) in [5.41, 5.74) is 0.677. The van der Waals surface area contributed by atoms with E-state index in [4.69, 9.17) is 4.42 Å². The summed E-state index contributed by atoms with van der Waals surface area (Å²) in [6.07, 6.45) is 0.555. The van der Waals surface area contributed by atoms with E-state index >= 15 is 0 Å². The van der Waals surface area contributed by atoms with Crippen LogP contribution in [0.2, 0.25) is 0 Å². The number of amides is 1. The smallest absolute Gasteiger partial charge is 0.291 e. The van der Waals surface area contributed by atoms with Crippen molar-refractivity contribution in [1.82, 2.24) is 0 Å². The standard InChI is InChI=1S/C12H9NO3/c14-8-10-6-7-11(16-10)12(15)13-9-4-2-1-3-5-9/h1-8H,(H,13,15). The highest BCUT2D eigenvalue weighted by atomic mass is 16.4. The van der Waals surface area contributed by atoms with Gasteiger partial charge in [0, 0.05) is 5.69 Å². The highest BCUT2D eigenvalue weighted by Crippen LogP contribution is 2.10. The lowest BCUT2D eigenvalue weighted by Gasteiger charge is -2.01. The van der Waals surface area contributed by atoms with Crippen LogP contribution in [-0.2, 0) is 0 Å². The van der Waals surface area contributed by atoms with Crippen LogP contribution in [0.15, 0.2) is 46.9 Å². The van der Waals surface area contributed by atoms with Gasteiger partial charge in [0.05, 0.1) is 0 Å². The van der Waals surface area contributed by atoms with Crippen LogP contribution < -0.4 is 5.32 Å². The predicted octanol–water partition coefficient (Wildman–Crippen LogP) is 2.34. The van der Waals surface area contributed by atoms with Crippen LogP contribution in [0.5, 0.6) is 0 Å². The average Bonchev–Trinajstić information content (AvgIpc) is 2.79. The Morgan fingerprint density at radius 1 is 1.12 bits per heavy atom. The number of furan rings is 1. The molecule has 4 nitrogen and oxygen atoms in total. The number of rotatable bonds is 3. The van der Waals surface area contributed by atoms with E-state index in [0.717, 1.165) is 0 Å². The minimum absolute atomic E-state index is 0.117. The first-order valence-electron chi connectivity index (χ1n) is 4.71. The maximum Gasteiger partial charge on any atom is 0.291 e. The van der Waals surface area contributed by atoms with E-state index in [1.807, 2.05) is 18.2 Å². The Labute approximate surface area is 91.9 Å². The molecular weight excluding hydrogens is 206 g/mol. The summed E-state index contributed by atoms with van der Waals surface area (Å²) in [5.74, 6) is -0.122. The number of hydrogen-bond donors (Lipinski definition) is 1. The molecule has 4 heteroatoms. The van der Waals surface area contributed by atoms with Crippen molar-refractivity contribution in [3.8, 4) is 0 Å². The number of carbonyl (C=O) groups excluding carboxylic acids is 2. The first kappa shape index (κ1) is 10.2. The largest absolute Gasteiger partial charge is 0.448 e. The summed E-state index contributed by atoms with van der Waals surface area (Å²) in [6, 6.07) is 11.9. The van der Waals surface area contributed by atoms with E-state index < -0.39 is 0 Å². The Kier molecular flexibility index (Phi) is 2.82. The normalized spacial score (nSPS) is 9.75. The van der Waals surface area contributed by atoms with E-state index in [0.29, 0.717) is 12.0 Å². The Morgan fingerprint density at radius 2 is 1.88 bits per heavy atom. The molecule has 0 fully saturated rings. The van der Waals surface area contributed by atoms with Gasteiger partial charge >= 0.3 is 0 Å². The summed E-state index contributed by atoms with van der Waals surface area (Å²) in [6.45, 7) is 0. The number of hydrogen-bond acceptors (Lipinski definition) is 3. The maximum absolute atomic E-state index is 11.6. The van der Waals surface area contributed by atoms with Gasteiger partial charge in [0.15, 0.2) is 17.8 Å². The summed E-state index contributed by atoms with van der Waals surface area (Å²) >= 11 is 0. The van der Waals surface area contributed by atoms with Crippen molar-refractivity contribution in [3.63, 3.8) is 0 Å². The van der Waals surface area contributed by atoms with Crippen molar-refractivity contribution in [3.05, 3.63) is 54.0 Å². The molecule has 0 saturated heterocycles. The van der Waals surface area contributed by atoms with Gasteiger partial charge in [-0.05, 0) is 24.3 Å². The van der Waals surface area contributed by atoms with Crippen LogP contribution in [0.3, 0.4) is 0 Å². The highest BCUT2D eigenvalue weighted by Gasteiger charge is 2.10. The maximum atomic E-state index is 11.6. The van der Waals surface area contributed by atoms with Gasteiger partial charge in [-0.1, -0.05) is 18.2 Å². The Hall–Kier alpha value is -2.36. The van der Waals surface area contributed by atoms with Gasteiger partial charge in [-0.3, -0.25) is 9.59 Å². The molecule has 0 aliphatic heterocycles. The van der Waals surface area contributed by atoms with E-state index in [-0.39, 0.29) is 17.4 Å². The molecular formula is C12H9NO3. The average molecular weight is 215 g/mol. The third-order valence-electron chi connectivity index (χ3n) is 2.00. The second kappa shape index (κ2) is 4.44. The molecule has 2 rings (SSSR count). The van der Waals surface area contributed by atoms with Gasteiger partial charge in [-0.25, -0.2) is 0 Å². The molecule has 0 radical (unpaired) electrons. The fourth-order valence-electron chi connectivity index (χ4n) is 1.25. The molecule has 0 spiro atoms. The number of carbonyl (C=O) groups is 2. The topological polar surface area (TPSA) is 59.3 Å². The number of para-hydroxylation sites is 1. The van der Waals surface area contributed by atoms with Gasteiger partial charge in [0.2, 0.25) is 0 Å². The van der Waals surface area contributed by atoms with E-state index in [1.165, 1.54) is 12.1 Å². The molecule has 0 atom stereocenters. The van der Waals surface area contributed by atoms with Crippen LogP contribution in [0.25, 0.3) is 0 Å². The third kappa shape index (κ3) is 2.17. The minimum Gasteiger partial charge on any atom is -0.448 e.